The first kappa shape index (κ1) is 18.5. The summed E-state index contributed by atoms with van der Waals surface area (Å²) in [6.07, 6.45) is 6.09. The smallest absolute Gasteiger partial charge is 0.229 e. The number of nitrogens with one attached hydrogen (secondary N) is 1. The van der Waals surface area contributed by atoms with Crippen LogP contribution in [0.25, 0.3) is 21.3 Å². The molecular weight excluding hydrogens is 384 g/mol. The summed E-state index contributed by atoms with van der Waals surface area (Å²) < 4.78 is 6.28. The maximum absolute atomic E-state index is 12.8. The Morgan fingerprint density at radius 2 is 1.93 bits per heavy atom. The zero-order valence-corrected chi connectivity index (χ0v) is 17.4. The van der Waals surface area contributed by atoms with Gasteiger partial charge in [-0.15, -0.1) is 0 Å². The van der Waals surface area contributed by atoms with Gasteiger partial charge >= 0.3 is 0 Å². The monoisotopic (exact) mass is 408 g/mol. The molecule has 7 heteroatoms. The highest BCUT2D eigenvalue weighted by atomic mass is 32.1. The standard InChI is InChI=1S/C22H24N4O2S/c1-26-16-4-5-17(26)10-15(9-16)21(27)25-22-24-18-6-3-13(11-19(18)29-22)14-7-8-23-20(12-14)28-2/h3,6-8,11-12,15-17H,4-5,9-10H2,1-2H3,(H,24,25,27)/t15?,16-,17+. The van der Waals surface area contributed by atoms with Crippen LogP contribution in [0, 0.1) is 5.92 Å². The molecule has 1 aromatic carbocycles. The highest BCUT2D eigenvalue weighted by Crippen LogP contribution is 2.38. The van der Waals surface area contributed by atoms with Gasteiger partial charge in [0.05, 0.1) is 17.3 Å². The van der Waals surface area contributed by atoms with E-state index in [0.717, 1.165) is 34.2 Å². The summed E-state index contributed by atoms with van der Waals surface area (Å²) in [5.74, 6) is 0.802. The van der Waals surface area contributed by atoms with E-state index in [4.69, 9.17) is 4.74 Å². The maximum atomic E-state index is 12.8. The van der Waals surface area contributed by atoms with Crippen LogP contribution in [0.5, 0.6) is 5.88 Å². The van der Waals surface area contributed by atoms with Crippen molar-refractivity contribution in [1.82, 2.24) is 14.9 Å². The normalized spacial score (nSPS) is 24.0. The minimum absolute atomic E-state index is 0.0931. The molecule has 0 spiro atoms. The van der Waals surface area contributed by atoms with E-state index in [2.05, 4.69) is 33.3 Å². The predicted molar refractivity (Wildman–Crippen MR) is 115 cm³/mol. The van der Waals surface area contributed by atoms with Crippen LogP contribution in [0.15, 0.2) is 36.5 Å². The van der Waals surface area contributed by atoms with Crippen molar-refractivity contribution in [2.24, 2.45) is 5.92 Å². The maximum Gasteiger partial charge on any atom is 0.229 e. The highest BCUT2D eigenvalue weighted by molar-refractivity contribution is 7.22. The number of pyridine rings is 1. The predicted octanol–water partition coefficient (Wildman–Crippen LogP) is 4.18. The first-order chi connectivity index (χ1) is 14.1. The van der Waals surface area contributed by atoms with Crippen LogP contribution in [-0.4, -0.2) is 47.0 Å². The molecule has 0 saturated carbocycles. The second kappa shape index (κ2) is 7.39. The largest absolute Gasteiger partial charge is 0.481 e. The molecule has 3 atom stereocenters. The third-order valence-electron chi connectivity index (χ3n) is 6.36. The van der Waals surface area contributed by atoms with Crippen molar-refractivity contribution in [2.75, 3.05) is 19.5 Å². The number of carbonyl (C=O) groups excluding carboxylic acids is 1. The average molecular weight is 409 g/mol. The molecule has 5 rings (SSSR count). The molecule has 0 aliphatic carbocycles. The van der Waals surface area contributed by atoms with Crippen LogP contribution >= 0.6 is 11.3 Å². The van der Waals surface area contributed by atoms with Crippen LogP contribution in [0.3, 0.4) is 0 Å². The number of hydrogen-bond donors (Lipinski definition) is 1. The second-order valence-corrected chi connectivity index (χ2v) is 9.03. The third-order valence-corrected chi connectivity index (χ3v) is 7.30. The Bertz CT molecular complexity index is 1050. The Morgan fingerprint density at radius 1 is 1.17 bits per heavy atom. The number of amides is 1. The van der Waals surface area contributed by atoms with E-state index in [-0.39, 0.29) is 11.8 Å². The molecule has 2 aliphatic rings. The molecule has 2 saturated heterocycles. The summed E-state index contributed by atoms with van der Waals surface area (Å²) >= 11 is 1.53. The molecular formula is C22H24N4O2S. The summed E-state index contributed by atoms with van der Waals surface area (Å²) in [5.41, 5.74) is 3.02. The van der Waals surface area contributed by atoms with Gasteiger partial charge in [-0.1, -0.05) is 17.4 Å². The number of benzene rings is 1. The first-order valence-corrected chi connectivity index (χ1v) is 10.9. The van der Waals surface area contributed by atoms with Gasteiger partial charge in [0, 0.05) is 30.3 Å². The van der Waals surface area contributed by atoms with Crippen molar-refractivity contribution in [2.45, 2.75) is 37.8 Å². The Kier molecular flexibility index (Phi) is 4.72. The topological polar surface area (TPSA) is 67.3 Å². The average Bonchev–Trinajstić information content (AvgIpc) is 3.20. The lowest BCUT2D eigenvalue weighted by Gasteiger charge is -2.35. The molecule has 4 heterocycles. The van der Waals surface area contributed by atoms with Crippen LogP contribution in [0.4, 0.5) is 5.13 Å². The van der Waals surface area contributed by atoms with Crippen molar-refractivity contribution >= 4 is 32.6 Å². The van der Waals surface area contributed by atoms with Gasteiger partial charge in [0.2, 0.25) is 11.8 Å². The number of ether oxygens (including phenoxy) is 1. The van der Waals surface area contributed by atoms with Gasteiger partial charge < -0.3 is 15.0 Å². The molecule has 2 bridgehead atoms. The van der Waals surface area contributed by atoms with E-state index in [9.17, 15) is 4.79 Å². The zero-order chi connectivity index (χ0) is 20.0. The molecule has 1 amide bonds. The number of anilines is 1. The van der Waals surface area contributed by atoms with Gasteiger partial charge in [0.25, 0.3) is 0 Å². The molecule has 1 unspecified atom stereocenters. The fourth-order valence-corrected chi connectivity index (χ4v) is 5.60. The fourth-order valence-electron chi connectivity index (χ4n) is 4.69. The van der Waals surface area contributed by atoms with Gasteiger partial charge in [-0.25, -0.2) is 9.97 Å². The minimum atomic E-state index is 0.0931. The van der Waals surface area contributed by atoms with Crippen molar-refractivity contribution in [3.8, 4) is 17.0 Å². The van der Waals surface area contributed by atoms with Crippen LogP contribution in [0.2, 0.25) is 0 Å². The Morgan fingerprint density at radius 3 is 2.69 bits per heavy atom. The number of aromatic nitrogens is 2. The number of hydrogen-bond acceptors (Lipinski definition) is 6. The molecule has 150 valence electrons. The number of carbonyl (C=O) groups is 1. The quantitative estimate of drug-likeness (QED) is 0.702. The lowest BCUT2D eigenvalue weighted by molar-refractivity contribution is -0.122. The first-order valence-electron chi connectivity index (χ1n) is 10.0. The zero-order valence-electron chi connectivity index (χ0n) is 16.6. The highest BCUT2D eigenvalue weighted by Gasteiger charge is 2.40. The molecule has 3 aromatic rings. The second-order valence-electron chi connectivity index (χ2n) is 8.00. The van der Waals surface area contributed by atoms with Gasteiger partial charge in [0.15, 0.2) is 5.13 Å². The molecule has 2 aromatic heterocycles. The van der Waals surface area contributed by atoms with E-state index in [0.29, 0.717) is 23.1 Å². The summed E-state index contributed by atoms with van der Waals surface area (Å²) in [4.78, 5) is 24.1. The number of thiazole rings is 1. The number of rotatable bonds is 4. The van der Waals surface area contributed by atoms with Gasteiger partial charge in [-0.3, -0.25) is 4.79 Å². The minimum Gasteiger partial charge on any atom is -0.481 e. The molecule has 1 N–H and O–H groups in total. The van der Waals surface area contributed by atoms with Crippen molar-refractivity contribution in [3.63, 3.8) is 0 Å². The number of methoxy groups -OCH3 is 1. The molecule has 0 radical (unpaired) electrons. The van der Waals surface area contributed by atoms with Crippen LogP contribution in [-0.2, 0) is 4.79 Å². The molecule has 2 aliphatic heterocycles. The SMILES string of the molecule is COc1cc(-c2ccc3nc(NC(=O)C4C[C@H]5CC[C@@H](C4)N5C)sc3c2)ccn1. The Balaban J connectivity index is 1.34. The van der Waals surface area contributed by atoms with Gasteiger partial charge in [-0.05, 0) is 62.1 Å². The summed E-state index contributed by atoms with van der Waals surface area (Å²) in [7, 11) is 3.81. The number of piperidine rings is 1. The fraction of sp³-hybridized carbons (Fsp3) is 0.409. The van der Waals surface area contributed by atoms with E-state index >= 15 is 0 Å². The summed E-state index contributed by atoms with van der Waals surface area (Å²) in [5, 5.41) is 3.76. The van der Waals surface area contributed by atoms with E-state index in [1.54, 1.807) is 13.3 Å². The van der Waals surface area contributed by atoms with Gasteiger partial charge in [-0.2, -0.15) is 0 Å². The van der Waals surface area contributed by atoms with Gasteiger partial charge in [0.1, 0.15) is 0 Å². The van der Waals surface area contributed by atoms with E-state index < -0.39 is 0 Å². The van der Waals surface area contributed by atoms with E-state index in [1.807, 2.05) is 24.3 Å². The lowest BCUT2D eigenvalue weighted by Crippen LogP contribution is -2.43. The van der Waals surface area contributed by atoms with Crippen molar-refractivity contribution in [1.29, 1.82) is 0 Å². The Hall–Kier alpha value is -2.51. The molecule has 6 nitrogen and oxygen atoms in total. The third kappa shape index (κ3) is 3.49. The summed E-state index contributed by atoms with van der Waals surface area (Å²) in [6.45, 7) is 0. The van der Waals surface area contributed by atoms with Crippen LogP contribution in [0.1, 0.15) is 25.7 Å². The lowest BCUT2D eigenvalue weighted by atomic mass is 9.90. The summed E-state index contributed by atoms with van der Waals surface area (Å²) in [6, 6.07) is 11.1. The number of fused-ring (bicyclic) bond motifs is 3. The number of nitrogens with zero attached hydrogens (tertiary/aromatic N) is 3. The van der Waals surface area contributed by atoms with Crippen LogP contribution < -0.4 is 10.1 Å². The van der Waals surface area contributed by atoms with Crippen molar-refractivity contribution < 1.29 is 9.53 Å². The van der Waals surface area contributed by atoms with Crippen molar-refractivity contribution in [3.05, 3.63) is 36.5 Å². The van der Waals surface area contributed by atoms with E-state index in [1.165, 1.54) is 24.2 Å². The molecule has 29 heavy (non-hydrogen) atoms. The molecule has 2 fully saturated rings. The Labute approximate surface area is 173 Å².